The minimum absolute atomic E-state index is 0.0554. The zero-order chi connectivity index (χ0) is 21.8. The third-order valence-corrected chi connectivity index (χ3v) is 5.80. The molecule has 0 radical (unpaired) electrons. The molecule has 0 aromatic carbocycles. The molecule has 1 aliphatic rings. The minimum Gasteiger partial charge on any atom is -0.363 e. The highest BCUT2D eigenvalue weighted by Gasteiger charge is 2.24. The minimum atomic E-state index is -0.522. The van der Waals surface area contributed by atoms with E-state index in [1.54, 1.807) is 18.5 Å². The summed E-state index contributed by atoms with van der Waals surface area (Å²) in [6.45, 7) is 3.43. The van der Waals surface area contributed by atoms with E-state index in [-0.39, 0.29) is 17.8 Å². The summed E-state index contributed by atoms with van der Waals surface area (Å²) in [6.07, 6.45) is 9.83. The Morgan fingerprint density at radius 2 is 2.23 bits per heavy atom. The number of aromatic nitrogens is 4. The normalized spacial score (nSPS) is 16.6. The van der Waals surface area contributed by atoms with Crippen LogP contribution in [0.4, 0.5) is 10.2 Å². The number of H-pyrrole nitrogens is 1. The van der Waals surface area contributed by atoms with Crippen molar-refractivity contribution in [3.63, 3.8) is 0 Å². The maximum Gasteiger partial charge on any atom is 0.222 e. The zero-order valence-corrected chi connectivity index (χ0v) is 18.3. The molecule has 0 aliphatic carbocycles. The van der Waals surface area contributed by atoms with Gasteiger partial charge in [0.1, 0.15) is 5.65 Å². The first-order valence-corrected chi connectivity index (χ1v) is 11.1. The molecule has 7 nitrogen and oxygen atoms in total. The van der Waals surface area contributed by atoms with E-state index in [1.807, 2.05) is 4.90 Å². The van der Waals surface area contributed by atoms with Crippen molar-refractivity contribution in [1.82, 2.24) is 24.8 Å². The maximum absolute atomic E-state index is 14.5. The molecule has 1 saturated heterocycles. The van der Waals surface area contributed by atoms with Crippen LogP contribution in [0.3, 0.4) is 0 Å². The number of halogens is 2. The third-order valence-electron chi connectivity index (χ3n) is 5.59. The number of nitrogens with zero attached hydrogens (tertiary/aromatic N) is 4. The van der Waals surface area contributed by atoms with Gasteiger partial charge in [-0.1, -0.05) is 31.4 Å². The number of likely N-dealkylation sites (tertiary alicyclic amines) is 1. The highest BCUT2D eigenvalue weighted by molar-refractivity contribution is 6.31. The fraction of sp³-hybridized carbons (Fsp3) is 0.455. The van der Waals surface area contributed by atoms with Crippen molar-refractivity contribution in [2.24, 2.45) is 0 Å². The van der Waals surface area contributed by atoms with Gasteiger partial charge in [-0.05, 0) is 25.3 Å². The third kappa shape index (κ3) is 4.95. The average molecular weight is 445 g/mol. The lowest BCUT2D eigenvalue weighted by Gasteiger charge is -2.33. The van der Waals surface area contributed by atoms with E-state index in [1.165, 1.54) is 0 Å². The number of pyridine rings is 1. The summed E-state index contributed by atoms with van der Waals surface area (Å²) in [5.41, 5.74) is 1.36. The Labute approximate surface area is 185 Å². The lowest BCUT2D eigenvalue weighted by molar-refractivity contribution is -0.132. The summed E-state index contributed by atoms with van der Waals surface area (Å²) < 4.78 is 14.5. The first-order chi connectivity index (χ1) is 15.0. The molecule has 2 N–H and O–H groups in total. The number of rotatable bonds is 7. The first-order valence-electron chi connectivity index (χ1n) is 10.7. The number of carbonyl (C=O) groups is 1. The fourth-order valence-corrected chi connectivity index (χ4v) is 4.12. The van der Waals surface area contributed by atoms with Crippen LogP contribution in [-0.2, 0) is 4.79 Å². The number of piperidine rings is 1. The molecule has 0 saturated carbocycles. The number of nitrogens with one attached hydrogen (secondary N) is 2. The molecular weight excluding hydrogens is 419 g/mol. The van der Waals surface area contributed by atoms with Crippen LogP contribution in [0.1, 0.15) is 45.4 Å². The largest absolute Gasteiger partial charge is 0.363 e. The van der Waals surface area contributed by atoms with Crippen LogP contribution in [-0.4, -0.2) is 49.9 Å². The molecule has 3 aromatic heterocycles. The molecule has 164 valence electrons. The molecule has 1 amide bonds. The lowest BCUT2D eigenvalue weighted by Crippen LogP contribution is -2.45. The van der Waals surface area contributed by atoms with E-state index in [0.717, 1.165) is 50.2 Å². The van der Waals surface area contributed by atoms with Crippen molar-refractivity contribution >= 4 is 34.4 Å². The van der Waals surface area contributed by atoms with Gasteiger partial charge >= 0.3 is 0 Å². The highest BCUT2D eigenvalue weighted by Crippen LogP contribution is 2.28. The number of hydrogen-bond acceptors (Lipinski definition) is 5. The second-order valence-electron chi connectivity index (χ2n) is 7.92. The molecule has 0 spiro atoms. The number of amides is 1. The van der Waals surface area contributed by atoms with Crippen molar-refractivity contribution in [2.75, 3.05) is 18.4 Å². The average Bonchev–Trinajstić information content (AvgIpc) is 3.18. The number of unbranched alkanes of at least 4 members (excludes halogenated alkanes) is 2. The Morgan fingerprint density at radius 1 is 1.35 bits per heavy atom. The molecule has 0 bridgehead atoms. The quantitative estimate of drug-likeness (QED) is 0.511. The van der Waals surface area contributed by atoms with E-state index in [4.69, 9.17) is 11.6 Å². The monoisotopic (exact) mass is 444 g/mol. The standard InChI is InChI=1S/C22H26ClFN6O/c1-2-3-4-7-19(31)30-8-5-6-15(13-30)28-22-18(24)12-27-21(29-22)17-11-26-20-16(17)9-14(23)10-25-20/h9-12,15H,2-8,13H2,1H3,(H,25,26)(H,27,28,29)/t15-/m1/s1. The Balaban J connectivity index is 1.50. The zero-order valence-electron chi connectivity index (χ0n) is 17.5. The summed E-state index contributed by atoms with van der Waals surface area (Å²) in [7, 11) is 0. The molecule has 4 heterocycles. The van der Waals surface area contributed by atoms with Gasteiger partial charge in [0.25, 0.3) is 0 Å². The Morgan fingerprint density at radius 3 is 3.06 bits per heavy atom. The van der Waals surface area contributed by atoms with Crippen LogP contribution < -0.4 is 5.32 Å². The van der Waals surface area contributed by atoms with Gasteiger partial charge in [-0.3, -0.25) is 4.79 Å². The molecule has 1 fully saturated rings. The van der Waals surface area contributed by atoms with Crippen molar-refractivity contribution in [3.05, 3.63) is 35.5 Å². The first kappa shape index (κ1) is 21.5. The number of hydrogen-bond donors (Lipinski definition) is 2. The highest BCUT2D eigenvalue weighted by atomic mass is 35.5. The molecule has 1 aliphatic heterocycles. The van der Waals surface area contributed by atoms with Crippen LogP contribution in [0.2, 0.25) is 5.02 Å². The molecule has 1 atom stereocenters. The molecule has 3 aromatic rings. The topological polar surface area (TPSA) is 86.8 Å². The Hall–Kier alpha value is -2.74. The number of carbonyl (C=O) groups excluding carboxylic acids is 1. The van der Waals surface area contributed by atoms with Gasteiger partial charge in [0.05, 0.1) is 11.2 Å². The SMILES string of the molecule is CCCCCC(=O)N1CCC[C@@H](Nc2nc(-c3c[nH]c4ncc(Cl)cc34)ncc2F)C1. The molecular formula is C22H26ClFN6O. The van der Waals surface area contributed by atoms with E-state index in [9.17, 15) is 9.18 Å². The van der Waals surface area contributed by atoms with Gasteiger partial charge in [0, 0.05) is 48.9 Å². The van der Waals surface area contributed by atoms with Gasteiger partial charge in [-0.15, -0.1) is 0 Å². The van der Waals surface area contributed by atoms with Crippen molar-refractivity contribution in [1.29, 1.82) is 0 Å². The van der Waals surface area contributed by atoms with Gasteiger partial charge in [0.15, 0.2) is 17.5 Å². The number of aromatic amines is 1. The fourth-order valence-electron chi connectivity index (χ4n) is 3.96. The maximum atomic E-state index is 14.5. The number of anilines is 1. The second-order valence-corrected chi connectivity index (χ2v) is 8.36. The predicted molar refractivity (Wildman–Crippen MR) is 119 cm³/mol. The van der Waals surface area contributed by atoms with Crippen LogP contribution in [0.5, 0.6) is 0 Å². The van der Waals surface area contributed by atoms with Crippen molar-refractivity contribution < 1.29 is 9.18 Å². The summed E-state index contributed by atoms with van der Waals surface area (Å²) >= 11 is 6.08. The Kier molecular flexibility index (Phi) is 6.65. The van der Waals surface area contributed by atoms with Gasteiger partial charge < -0.3 is 15.2 Å². The molecule has 0 unspecified atom stereocenters. The van der Waals surface area contributed by atoms with Gasteiger partial charge in [-0.2, -0.15) is 0 Å². The summed E-state index contributed by atoms with van der Waals surface area (Å²) in [4.78, 5) is 30.2. The van der Waals surface area contributed by atoms with Gasteiger partial charge in [-0.25, -0.2) is 19.3 Å². The molecule has 4 rings (SSSR count). The van der Waals surface area contributed by atoms with Crippen LogP contribution >= 0.6 is 11.6 Å². The lowest BCUT2D eigenvalue weighted by atomic mass is 10.0. The van der Waals surface area contributed by atoms with Crippen LogP contribution in [0.15, 0.2) is 24.7 Å². The van der Waals surface area contributed by atoms with E-state index < -0.39 is 5.82 Å². The summed E-state index contributed by atoms with van der Waals surface area (Å²) in [5.74, 6) is 0.167. The van der Waals surface area contributed by atoms with Crippen molar-refractivity contribution in [2.45, 2.75) is 51.5 Å². The molecule has 31 heavy (non-hydrogen) atoms. The van der Waals surface area contributed by atoms with E-state index in [0.29, 0.717) is 35.0 Å². The van der Waals surface area contributed by atoms with Crippen LogP contribution in [0, 0.1) is 5.82 Å². The van der Waals surface area contributed by atoms with E-state index in [2.05, 4.69) is 32.2 Å². The van der Waals surface area contributed by atoms with Crippen molar-refractivity contribution in [3.8, 4) is 11.4 Å². The Bertz CT molecular complexity index is 1070. The summed E-state index contributed by atoms with van der Waals surface area (Å²) in [6, 6.07) is 1.72. The smallest absolute Gasteiger partial charge is 0.222 e. The number of fused-ring (bicyclic) bond motifs is 1. The van der Waals surface area contributed by atoms with Crippen LogP contribution in [0.25, 0.3) is 22.4 Å². The molecule has 9 heteroatoms. The second kappa shape index (κ2) is 9.60. The predicted octanol–water partition coefficient (Wildman–Crippen LogP) is 4.80. The van der Waals surface area contributed by atoms with Gasteiger partial charge in [0.2, 0.25) is 5.91 Å². The summed E-state index contributed by atoms with van der Waals surface area (Å²) in [5, 5.41) is 4.46. The van der Waals surface area contributed by atoms with E-state index >= 15 is 0 Å².